The summed E-state index contributed by atoms with van der Waals surface area (Å²) in [7, 11) is -4.07. The summed E-state index contributed by atoms with van der Waals surface area (Å²) in [5.74, 6) is -1.11. The number of hydrogen-bond donors (Lipinski definition) is 1. The monoisotopic (exact) mass is 478 g/mol. The van der Waals surface area contributed by atoms with Crippen LogP contribution in [0.5, 0.6) is 5.75 Å². The second kappa shape index (κ2) is 9.53. The molecule has 0 aliphatic heterocycles. The molecule has 0 saturated carbocycles. The molecular formula is C23H21F3N2O4S. The molecule has 0 saturated heterocycles. The number of hydrogen-bond acceptors (Lipinski definition) is 4. The number of amides is 1. The molecular weight excluding hydrogens is 457 g/mol. The van der Waals surface area contributed by atoms with E-state index in [0.717, 1.165) is 27.6 Å². The number of nitrogens with zero attached hydrogens (tertiary/aromatic N) is 1. The van der Waals surface area contributed by atoms with Crippen molar-refractivity contribution < 1.29 is 31.1 Å². The maximum atomic E-state index is 13.3. The molecule has 6 nitrogen and oxygen atoms in total. The molecule has 1 amide bonds. The second-order valence-electron chi connectivity index (χ2n) is 7.28. The Balaban J connectivity index is 1.84. The summed E-state index contributed by atoms with van der Waals surface area (Å²) in [6.07, 6.45) is -4.83. The topological polar surface area (TPSA) is 75.7 Å². The Morgan fingerprint density at radius 2 is 1.58 bits per heavy atom. The molecule has 0 heterocycles. The number of anilines is 2. The summed E-state index contributed by atoms with van der Waals surface area (Å²) >= 11 is 0. The van der Waals surface area contributed by atoms with Gasteiger partial charge in [0.2, 0.25) is 5.91 Å². The van der Waals surface area contributed by atoms with Crippen molar-refractivity contribution in [1.29, 1.82) is 0 Å². The van der Waals surface area contributed by atoms with E-state index in [4.69, 9.17) is 0 Å². The smallest absolute Gasteiger partial charge is 0.406 e. The van der Waals surface area contributed by atoms with Gasteiger partial charge in [-0.1, -0.05) is 29.8 Å². The van der Waals surface area contributed by atoms with Gasteiger partial charge < -0.3 is 10.1 Å². The lowest BCUT2D eigenvalue weighted by Crippen LogP contribution is -2.38. The summed E-state index contributed by atoms with van der Waals surface area (Å²) in [4.78, 5) is 12.7. The fourth-order valence-corrected chi connectivity index (χ4v) is 4.42. The van der Waals surface area contributed by atoms with Gasteiger partial charge in [-0.3, -0.25) is 9.10 Å². The Morgan fingerprint density at radius 3 is 2.15 bits per heavy atom. The van der Waals surface area contributed by atoms with Crippen LogP contribution in [0.3, 0.4) is 0 Å². The fraction of sp³-hybridized carbons (Fsp3) is 0.174. The SMILES string of the molecule is Cc1ccc(S(=O)(=O)N(CC(=O)Nc2ccc(OC(F)(F)F)cc2)c2cccc(C)c2)cc1. The number of halogens is 3. The Morgan fingerprint density at radius 1 is 0.939 bits per heavy atom. The van der Waals surface area contributed by atoms with E-state index in [1.54, 1.807) is 43.3 Å². The van der Waals surface area contributed by atoms with Crippen LogP contribution in [0.4, 0.5) is 24.5 Å². The molecule has 1 N–H and O–H groups in total. The molecule has 0 unspecified atom stereocenters. The first-order valence-corrected chi connectivity index (χ1v) is 11.2. The van der Waals surface area contributed by atoms with Gasteiger partial charge in [-0.25, -0.2) is 8.42 Å². The van der Waals surface area contributed by atoms with Crippen molar-refractivity contribution in [1.82, 2.24) is 0 Å². The first-order chi connectivity index (χ1) is 15.4. The molecule has 174 valence electrons. The van der Waals surface area contributed by atoms with E-state index in [1.807, 2.05) is 6.92 Å². The molecule has 0 spiro atoms. The van der Waals surface area contributed by atoms with Crippen molar-refractivity contribution >= 4 is 27.3 Å². The average Bonchev–Trinajstić information content (AvgIpc) is 2.72. The van der Waals surface area contributed by atoms with Gasteiger partial charge in [0.15, 0.2) is 0 Å². The number of benzene rings is 3. The molecule has 3 aromatic carbocycles. The summed E-state index contributed by atoms with van der Waals surface area (Å²) < 4.78 is 68.4. The fourth-order valence-electron chi connectivity index (χ4n) is 3.01. The van der Waals surface area contributed by atoms with Crippen molar-refractivity contribution in [2.24, 2.45) is 0 Å². The zero-order valence-electron chi connectivity index (χ0n) is 17.8. The van der Waals surface area contributed by atoms with Gasteiger partial charge in [0.25, 0.3) is 10.0 Å². The number of rotatable bonds is 7. The van der Waals surface area contributed by atoms with E-state index in [9.17, 15) is 26.4 Å². The summed E-state index contributed by atoms with van der Waals surface area (Å²) in [6.45, 7) is 3.08. The second-order valence-corrected chi connectivity index (χ2v) is 9.15. The van der Waals surface area contributed by atoms with Gasteiger partial charge in [-0.2, -0.15) is 0 Å². The predicted molar refractivity (Wildman–Crippen MR) is 119 cm³/mol. The van der Waals surface area contributed by atoms with Gasteiger partial charge in [-0.05, 0) is 67.9 Å². The standard InChI is InChI=1S/C23H21F3N2O4S/c1-16-6-12-21(13-7-16)33(30,31)28(19-5-3-4-17(2)14-19)15-22(29)27-18-8-10-20(11-9-18)32-23(24,25)26/h3-14H,15H2,1-2H3,(H,27,29). The number of alkyl halides is 3. The molecule has 0 bridgehead atoms. The van der Waals surface area contributed by atoms with Gasteiger partial charge in [0.05, 0.1) is 10.6 Å². The zero-order chi connectivity index (χ0) is 24.2. The number of carbonyl (C=O) groups is 1. The van der Waals surface area contributed by atoms with Crippen LogP contribution < -0.4 is 14.4 Å². The highest BCUT2D eigenvalue weighted by Gasteiger charge is 2.31. The van der Waals surface area contributed by atoms with E-state index >= 15 is 0 Å². The normalized spacial score (nSPS) is 11.7. The van der Waals surface area contributed by atoms with E-state index in [2.05, 4.69) is 10.1 Å². The number of ether oxygens (including phenoxy) is 1. The van der Waals surface area contributed by atoms with Gasteiger partial charge >= 0.3 is 6.36 Å². The van der Waals surface area contributed by atoms with Gasteiger partial charge in [-0.15, -0.1) is 13.2 Å². The summed E-state index contributed by atoms with van der Waals surface area (Å²) in [6, 6.07) is 17.5. The minimum atomic E-state index is -4.83. The molecule has 33 heavy (non-hydrogen) atoms. The third kappa shape index (κ3) is 6.48. The lowest BCUT2D eigenvalue weighted by Gasteiger charge is -2.24. The highest BCUT2D eigenvalue weighted by molar-refractivity contribution is 7.92. The van der Waals surface area contributed by atoms with Crippen molar-refractivity contribution in [2.45, 2.75) is 25.1 Å². The van der Waals surface area contributed by atoms with Crippen LogP contribution >= 0.6 is 0 Å². The van der Waals surface area contributed by atoms with Crippen LogP contribution in [-0.2, 0) is 14.8 Å². The first-order valence-electron chi connectivity index (χ1n) is 9.76. The minimum absolute atomic E-state index is 0.0241. The molecule has 0 atom stereocenters. The number of sulfonamides is 1. The molecule has 0 aromatic heterocycles. The molecule has 0 radical (unpaired) electrons. The lowest BCUT2D eigenvalue weighted by atomic mass is 10.2. The molecule has 10 heteroatoms. The summed E-state index contributed by atoms with van der Waals surface area (Å²) in [5, 5.41) is 2.50. The van der Waals surface area contributed by atoms with Crippen molar-refractivity contribution in [3.63, 3.8) is 0 Å². The Labute approximate surface area is 189 Å². The molecule has 3 rings (SSSR count). The first kappa shape index (κ1) is 24.1. The van der Waals surface area contributed by atoms with Gasteiger partial charge in [0.1, 0.15) is 12.3 Å². The van der Waals surface area contributed by atoms with Crippen molar-refractivity contribution in [3.05, 3.63) is 83.9 Å². The largest absolute Gasteiger partial charge is 0.573 e. The minimum Gasteiger partial charge on any atom is -0.406 e. The van der Waals surface area contributed by atoms with E-state index in [1.165, 1.54) is 24.3 Å². The molecule has 0 fully saturated rings. The quantitative estimate of drug-likeness (QED) is 0.517. The number of nitrogens with one attached hydrogen (secondary N) is 1. The highest BCUT2D eigenvalue weighted by atomic mass is 32.2. The van der Waals surface area contributed by atoms with Crippen LogP contribution in [0.1, 0.15) is 11.1 Å². The van der Waals surface area contributed by atoms with Crippen LogP contribution in [-0.4, -0.2) is 27.2 Å². The lowest BCUT2D eigenvalue weighted by molar-refractivity contribution is -0.274. The van der Waals surface area contributed by atoms with Gasteiger partial charge in [0, 0.05) is 5.69 Å². The van der Waals surface area contributed by atoms with Crippen LogP contribution in [0.2, 0.25) is 0 Å². The Kier molecular flexibility index (Phi) is 6.97. The van der Waals surface area contributed by atoms with E-state index in [-0.39, 0.29) is 10.6 Å². The van der Waals surface area contributed by atoms with Crippen LogP contribution in [0.15, 0.2) is 77.7 Å². The number of carbonyl (C=O) groups excluding carboxylic acids is 1. The third-order valence-electron chi connectivity index (χ3n) is 4.56. The predicted octanol–water partition coefficient (Wildman–Crippen LogP) is 5.04. The molecule has 0 aliphatic carbocycles. The highest BCUT2D eigenvalue weighted by Crippen LogP contribution is 2.26. The maximum Gasteiger partial charge on any atom is 0.573 e. The van der Waals surface area contributed by atoms with Crippen molar-refractivity contribution in [3.8, 4) is 5.75 Å². The zero-order valence-corrected chi connectivity index (χ0v) is 18.6. The Hall–Kier alpha value is -3.53. The summed E-state index contributed by atoms with van der Waals surface area (Å²) in [5.41, 5.74) is 2.18. The van der Waals surface area contributed by atoms with Crippen LogP contribution in [0, 0.1) is 13.8 Å². The third-order valence-corrected chi connectivity index (χ3v) is 6.35. The van der Waals surface area contributed by atoms with Crippen LogP contribution in [0.25, 0.3) is 0 Å². The van der Waals surface area contributed by atoms with E-state index in [0.29, 0.717) is 5.69 Å². The average molecular weight is 478 g/mol. The van der Waals surface area contributed by atoms with E-state index < -0.39 is 34.6 Å². The Bertz CT molecular complexity index is 1230. The maximum absolute atomic E-state index is 13.3. The number of aryl methyl sites for hydroxylation is 2. The van der Waals surface area contributed by atoms with Crippen molar-refractivity contribution in [2.75, 3.05) is 16.2 Å². The molecule has 0 aliphatic rings. The molecule has 3 aromatic rings.